The van der Waals surface area contributed by atoms with E-state index in [2.05, 4.69) is 20.4 Å². The Morgan fingerprint density at radius 3 is 3.10 bits per heavy atom. The van der Waals surface area contributed by atoms with Crippen LogP contribution in [0.2, 0.25) is 5.02 Å². The van der Waals surface area contributed by atoms with Crippen molar-refractivity contribution >= 4 is 22.5 Å². The van der Waals surface area contributed by atoms with E-state index in [9.17, 15) is 0 Å². The zero-order valence-corrected chi connectivity index (χ0v) is 11.9. The summed E-state index contributed by atoms with van der Waals surface area (Å²) in [6.07, 6.45) is 2.74. The molecule has 20 heavy (non-hydrogen) atoms. The molecule has 0 atom stereocenters. The van der Waals surface area contributed by atoms with Crippen molar-refractivity contribution in [2.75, 3.05) is 6.54 Å². The van der Waals surface area contributed by atoms with Crippen molar-refractivity contribution in [2.24, 2.45) is 0 Å². The first-order chi connectivity index (χ1) is 9.72. The summed E-state index contributed by atoms with van der Waals surface area (Å²) >= 11 is 5.97. The summed E-state index contributed by atoms with van der Waals surface area (Å²) in [6.45, 7) is 3.40. The number of nitrogens with zero attached hydrogens (tertiary/aromatic N) is 2. The number of benzene rings is 1. The van der Waals surface area contributed by atoms with E-state index in [0.29, 0.717) is 11.7 Å². The van der Waals surface area contributed by atoms with Gasteiger partial charge in [-0.05, 0) is 24.6 Å². The third-order valence-electron chi connectivity index (χ3n) is 3.13. The number of H-pyrrole nitrogens is 1. The zero-order chi connectivity index (χ0) is 13.9. The van der Waals surface area contributed by atoms with Crippen LogP contribution in [0.5, 0.6) is 0 Å². The van der Waals surface area contributed by atoms with E-state index >= 15 is 0 Å². The Labute approximate surface area is 121 Å². The summed E-state index contributed by atoms with van der Waals surface area (Å²) in [5.74, 6) is 1.34. The summed E-state index contributed by atoms with van der Waals surface area (Å²) in [7, 11) is 0. The number of hydrogen-bond acceptors (Lipinski definition) is 4. The fourth-order valence-electron chi connectivity index (χ4n) is 2.16. The lowest BCUT2D eigenvalue weighted by Crippen LogP contribution is -2.16. The molecule has 0 spiro atoms. The molecule has 6 heteroatoms. The Morgan fingerprint density at radius 1 is 1.40 bits per heavy atom. The monoisotopic (exact) mass is 290 g/mol. The number of rotatable bonds is 5. The topological polar surface area (TPSA) is 66.7 Å². The normalized spacial score (nSPS) is 11.3. The Morgan fingerprint density at radius 2 is 2.30 bits per heavy atom. The predicted octanol–water partition coefficient (Wildman–Crippen LogP) is 2.85. The molecule has 2 heterocycles. The predicted molar refractivity (Wildman–Crippen MR) is 77.8 cm³/mol. The van der Waals surface area contributed by atoms with Gasteiger partial charge in [-0.15, -0.1) is 0 Å². The van der Waals surface area contributed by atoms with Gasteiger partial charge in [-0.1, -0.05) is 22.8 Å². The van der Waals surface area contributed by atoms with Crippen LogP contribution in [0.3, 0.4) is 0 Å². The smallest absolute Gasteiger partial charge is 0.227 e. The molecule has 1 aromatic carbocycles. The van der Waals surface area contributed by atoms with Gasteiger partial charge >= 0.3 is 0 Å². The van der Waals surface area contributed by atoms with Gasteiger partial charge in [0.25, 0.3) is 0 Å². The van der Waals surface area contributed by atoms with E-state index in [4.69, 9.17) is 16.1 Å². The van der Waals surface area contributed by atoms with Crippen LogP contribution in [-0.2, 0) is 13.0 Å². The van der Waals surface area contributed by atoms with Crippen LogP contribution in [0.4, 0.5) is 0 Å². The molecule has 0 bridgehead atoms. The van der Waals surface area contributed by atoms with Crippen LogP contribution in [-0.4, -0.2) is 21.7 Å². The highest BCUT2D eigenvalue weighted by molar-refractivity contribution is 6.31. The van der Waals surface area contributed by atoms with Gasteiger partial charge in [0.05, 0.1) is 0 Å². The maximum Gasteiger partial charge on any atom is 0.227 e. The van der Waals surface area contributed by atoms with Gasteiger partial charge in [-0.2, -0.15) is 4.98 Å². The van der Waals surface area contributed by atoms with Crippen molar-refractivity contribution in [3.8, 4) is 0 Å². The van der Waals surface area contributed by atoms with Gasteiger partial charge in [0.15, 0.2) is 5.82 Å². The molecule has 0 aliphatic heterocycles. The Kier molecular flexibility index (Phi) is 3.71. The fraction of sp³-hybridized carbons (Fsp3) is 0.286. The molecule has 104 valence electrons. The molecule has 0 aliphatic carbocycles. The van der Waals surface area contributed by atoms with Crippen LogP contribution in [0.25, 0.3) is 10.9 Å². The SMILES string of the molecule is Cc1noc(CCNCc2c[nH]c3cc(Cl)ccc23)n1. The number of aryl methyl sites for hydroxylation is 1. The Balaban J connectivity index is 1.57. The molecule has 2 aromatic heterocycles. The van der Waals surface area contributed by atoms with Crippen LogP contribution in [0.1, 0.15) is 17.3 Å². The second-order valence-corrected chi connectivity index (χ2v) is 5.10. The van der Waals surface area contributed by atoms with Gasteiger partial charge in [-0.3, -0.25) is 0 Å². The molecular formula is C14H15ClN4O. The summed E-state index contributed by atoms with van der Waals surface area (Å²) in [5, 5.41) is 9.07. The van der Waals surface area contributed by atoms with Gasteiger partial charge in [0.2, 0.25) is 5.89 Å². The van der Waals surface area contributed by atoms with Crippen LogP contribution < -0.4 is 5.32 Å². The standard InChI is InChI=1S/C14H15ClN4O/c1-9-18-14(20-19-9)4-5-16-7-10-8-17-13-6-11(15)2-3-12(10)13/h2-3,6,8,16-17H,4-5,7H2,1H3. The third-order valence-corrected chi connectivity index (χ3v) is 3.37. The van der Waals surface area contributed by atoms with E-state index in [0.717, 1.165) is 30.0 Å². The summed E-state index contributed by atoms with van der Waals surface area (Å²) < 4.78 is 5.06. The minimum absolute atomic E-state index is 0.667. The van der Waals surface area contributed by atoms with E-state index < -0.39 is 0 Å². The molecule has 0 radical (unpaired) electrons. The molecule has 0 saturated carbocycles. The van der Waals surface area contributed by atoms with E-state index in [1.807, 2.05) is 31.3 Å². The third kappa shape index (κ3) is 2.84. The average Bonchev–Trinajstić information content (AvgIpc) is 3.01. The first-order valence-electron chi connectivity index (χ1n) is 6.48. The highest BCUT2D eigenvalue weighted by Crippen LogP contribution is 2.21. The first kappa shape index (κ1) is 13.1. The van der Waals surface area contributed by atoms with Crippen molar-refractivity contribution in [1.82, 2.24) is 20.4 Å². The van der Waals surface area contributed by atoms with E-state index in [-0.39, 0.29) is 0 Å². The van der Waals surface area contributed by atoms with Crippen molar-refractivity contribution in [3.63, 3.8) is 0 Å². The second-order valence-electron chi connectivity index (χ2n) is 4.67. The van der Waals surface area contributed by atoms with Crippen molar-refractivity contribution in [1.29, 1.82) is 0 Å². The highest BCUT2D eigenvalue weighted by Gasteiger charge is 2.05. The van der Waals surface area contributed by atoms with E-state index in [1.165, 1.54) is 10.9 Å². The number of nitrogens with one attached hydrogen (secondary N) is 2. The lowest BCUT2D eigenvalue weighted by atomic mass is 10.2. The molecule has 3 aromatic rings. The maximum atomic E-state index is 5.97. The number of aromatic amines is 1. The van der Waals surface area contributed by atoms with Crippen molar-refractivity contribution in [3.05, 3.63) is 46.7 Å². The minimum Gasteiger partial charge on any atom is -0.361 e. The number of hydrogen-bond donors (Lipinski definition) is 2. The highest BCUT2D eigenvalue weighted by atomic mass is 35.5. The van der Waals surface area contributed by atoms with Crippen LogP contribution in [0, 0.1) is 6.92 Å². The van der Waals surface area contributed by atoms with Crippen molar-refractivity contribution in [2.45, 2.75) is 19.9 Å². The molecule has 0 aliphatic rings. The molecule has 2 N–H and O–H groups in total. The lowest BCUT2D eigenvalue weighted by Gasteiger charge is -2.02. The molecular weight excluding hydrogens is 276 g/mol. The summed E-state index contributed by atoms with van der Waals surface area (Å²) in [6, 6.07) is 5.87. The van der Waals surface area contributed by atoms with Gasteiger partial charge in [-0.25, -0.2) is 0 Å². The molecule has 0 fully saturated rings. The Hall–Kier alpha value is -1.85. The summed E-state index contributed by atoms with van der Waals surface area (Å²) in [5.41, 5.74) is 2.28. The zero-order valence-electron chi connectivity index (χ0n) is 11.1. The van der Waals surface area contributed by atoms with Gasteiger partial charge in [0, 0.05) is 41.6 Å². The van der Waals surface area contributed by atoms with Gasteiger partial charge in [0.1, 0.15) is 0 Å². The first-order valence-corrected chi connectivity index (χ1v) is 6.85. The number of aromatic nitrogens is 3. The van der Waals surface area contributed by atoms with Crippen LogP contribution >= 0.6 is 11.6 Å². The van der Waals surface area contributed by atoms with Crippen molar-refractivity contribution < 1.29 is 4.52 Å². The van der Waals surface area contributed by atoms with Gasteiger partial charge < -0.3 is 14.8 Å². The molecule has 0 saturated heterocycles. The summed E-state index contributed by atoms with van der Waals surface area (Å²) in [4.78, 5) is 7.39. The average molecular weight is 291 g/mol. The van der Waals surface area contributed by atoms with Crippen LogP contribution in [0.15, 0.2) is 28.9 Å². The van der Waals surface area contributed by atoms with E-state index in [1.54, 1.807) is 0 Å². The second kappa shape index (κ2) is 5.64. The molecule has 5 nitrogen and oxygen atoms in total. The molecule has 3 rings (SSSR count). The molecule has 0 unspecified atom stereocenters. The Bertz CT molecular complexity index is 719. The fourth-order valence-corrected chi connectivity index (χ4v) is 2.34. The number of fused-ring (bicyclic) bond motifs is 1. The lowest BCUT2D eigenvalue weighted by molar-refractivity contribution is 0.372. The number of halogens is 1. The minimum atomic E-state index is 0.667. The largest absolute Gasteiger partial charge is 0.361 e. The maximum absolute atomic E-state index is 5.97. The quantitative estimate of drug-likeness (QED) is 0.709. The molecule has 0 amide bonds.